The summed E-state index contributed by atoms with van der Waals surface area (Å²) >= 11 is 1.55. The first-order valence-corrected chi connectivity index (χ1v) is 15.2. The average molecular weight is 545 g/mol. The van der Waals surface area contributed by atoms with E-state index in [1.807, 2.05) is 25.1 Å². The molecule has 2 nitrogen and oxygen atoms in total. The van der Waals surface area contributed by atoms with Crippen LogP contribution in [0.25, 0.3) is 10.1 Å². The highest BCUT2D eigenvalue weighted by Gasteiger charge is 2.43. The second-order valence-electron chi connectivity index (χ2n) is 11.2. The van der Waals surface area contributed by atoms with E-state index >= 15 is 0 Å². The van der Waals surface area contributed by atoms with Gasteiger partial charge in [-0.1, -0.05) is 31.9 Å². The number of halogens is 3. The van der Waals surface area contributed by atoms with Crippen LogP contribution in [0.15, 0.2) is 42.5 Å². The summed E-state index contributed by atoms with van der Waals surface area (Å²) in [7, 11) is 0. The van der Waals surface area contributed by atoms with Crippen molar-refractivity contribution in [3.8, 4) is 11.5 Å². The van der Waals surface area contributed by atoms with Gasteiger partial charge >= 0.3 is 6.11 Å². The first-order chi connectivity index (χ1) is 18.4. The quantitative estimate of drug-likeness (QED) is 0.267. The van der Waals surface area contributed by atoms with Crippen LogP contribution in [0, 0.1) is 17.7 Å². The lowest BCUT2D eigenvalue weighted by atomic mass is 9.78. The van der Waals surface area contributed by atoms with E-state index in [1.54, 1.807) is 29.5 Å². The van der Waals surface area contributed by atoms with Crippen molar-refractivity contribution in [2.75, 3.05) is 6.61 Å². The van der Waals surface area contributed by atoms with Crippen LogP contribution in [0.1, 0.15) is 100 Å². The van der Waals surface area contributed by atoms with E-state index in [9.17, 15) is 13.2 Å². The van der Waals surface area contributed by atoms with E-state index in [0.717, 1.165) is 56.8 Å². The molecule has 0 aliphatic heterocycles. The Morgan fingerprint density at radius 1 is 0.868 bits per heavy atom. The molecule has 0 radical (unpaired) electrons. The maximum absolute atomic E-state index is 14.9. The lowest BCUT2D eigenvalue weighted by molar-refractivity contribution is -0.223. The average Bonchev–Trinajstić information content (AvgIpc) is 3.37. The number of alkyl halides is 2. The molecule has 6 heteroatoms. The summed E-state index contributed by atoms with van der Waals surface area (Å²) in [5.41, 5.74) is 1.18. The van der Waals surface area contributed by atoms with Crippen molar-refractivity contribution in [2.24, 2.45) is 11.8 Å². The molecule has 1 aromatic heterocycles. The zero-order valence-corrected chi connectivity index (χ0v) is 23.3. The van der Waals surface area contributed by atoms with Crippen molar-refractivity contribution in [1.82, 2.24) is 0 Å². The third-order valence-electron chi connectivity index (χ3n) is 8.66. The van der Waals surface area contributed by atoms with Gasteiger partial charge in [0.1, 0.15) is 5.75 Å². The summed E-state index contributed by atoms with van der Waals surface area (Å²) in [6, 6.07) is 13.1. The Morgan fingerprint density at radius 3 is 2.21 bits per heavy atom. The van der Waals surface area contributed by atoms with Crippen molar-refractivity contribution in [2.45, 2.75) is 96.0 Å². The molecule has 0 unspecified atom stereocenters. The summed E-state index contributed by atoms with van der Waals surface area (Å²) in [5.74, 6) is 1.04. The lowest BCUT2D eigenvalue weighted by Crippen LogP contribution is -2.37. The normalized spacial score (nSPS) is 24.4. The molecule has 0 bridgehead atoms. The maximum Gasteiger partial charge on any atom is 0.400 e. The highest BCUT2D eigenvalue weighted by molar-refractivity contribution is 7.19. The molecule has 5 rings (SSSR count). The number of benzene rings is 2. The number of fused-ring (bicyclic) bond motifs is 1. The number of thiophene rings is 1. The molecule has 3 aromatic rings. The van der Waals surface area contributed by atoms with Gasteiger partial charge in [-0.3, -0.25) is 0 Å². The standard InChI is InChI=1S/C32H39F3O2S/c1-3-5-21-6-15-26(16-7-21)32(34,35)37-27-17-12-23(13-18-27)22-8-10-24(11-9-22)29-20-25-14-19-28(36-4-2)30(33)31(25)38-29/h12-14,17-22,24,26H,3-11,15-16H2,1-2H3. The Balaban J connectivity index is 1.16. The van der Waals surface area contributed by atoms with Crippen LogP contribution in [0.2, 0.25) is 0 Å². The molecule has 2 aliphatic carbocycles. The molecule has 0 amide bonds. The molecule has 2 aliphatic rings. The van der Waals surface area contributed by atoms with Crippen LogP contribution >= 0.6 is 11.3 Å². The summed E-state index contributed by atoms with van der Waals surface area (Å²) in [5, 5.41) is 0.939. The van der Waals surface area contributed by atoms with Gasteiger partial charge in [0.25, 0.3) is 0 Å². The molecule has 0 atom stereocenters. The highest BCUT2D eigenvalue weighted by Crippen LogP contribution is 2.45. The number of rotatable bonds is 9. The number of ether oxygens (including phenoxy) is 2. The smallest absolute Gasteiger partial charge is 0.400 e. The van der Waals surface area contributed by atoms with Gasteiger partial charge in [0.2, 0.25) is 0 Å². The van der Waals surface area contributed by atoms with Gasteiger partial charge in [-0.05, 0) is 117 Å². The molecule has 2 saturated carbocycles. The van der Waals surface area contributed by atoms with Crippen LogP contribution in [-0.4, -0.2) is 12.7 Å². The van der Waals surface area contributed by atoms with Crippen molar-refractivity contribution in [3.63, 3.8) is 0 Å². The van der Waals surface area contributed by atoms with Gasteiger partial charge in [-0.15, -0.1) is 11.3 Å². The Bertz CT molecular complexity index is 1190. The summed E-state index contributed by atoms with van der Waals surface area (Å²) in [6.45, 7) is 4.46. The van der Waals surface area contributed by atoms with E-state index in [0.29, 0.717) is 47.7 Å². The minimum Gasteiger partial charge on any atom is -0.491 e. The topological polar surface area (TPSA) is 18.5 Å². The third-order valence-corrected chi connectivity index (χ3v) is 9.97. The summed E-state index contributed by atoms with van der Waals surface area (Å²) < 4.78 is 55.9. The SMILES string of the molecule is CCCC1CCC(C(F)(F)Oc2ccc(C3CCC(c4cc5ccc(OCC)c(F)c5s4)CC3)cc2)CC1. The van der Waals surface area contributed by atoms with Crippen LogP contribution < -0.4 is 9.47 Å². The van der Waals surface area contributed by atoms with Crippen molar-refractivity contribution in [1.29, 1.82) is 0 Å². The van der Waals surface area contributed by atoms with E-state index < -0.39 is 12.0 Å². The Kier molecular flexibility index (Phi) is 8.56. The van der Waals surface area contributed by atoms with Crippen LogP contribution in [-0.2, 0) is 0 Å². The van der Waals surface area contributed by atoms with E-state index in [1.165, 1.54) is 10.4 Å². The fourth-order valence-corrected chi connectivity index (χ4v) is 7.75. The predicted octanol–water partition coefficient (Wildman–Crippen LogP) is 10.5. The molecular weight excluding hydrogens is 505 g/mol. The molecule has 2 aromatic carbocycles. The molecular formula is C32H39F3O2S. The van der Waals surface area contributed by atoms with E-state index in [4.69, 9.17) is 9.47 Å². The van der Waals surface area contributed by atoms with Crippen LogP contribution in [0.4, 0.5) is 13.2 Å². The van der Waals surface area contributed by atoms with Crippen LogP contribution in [0.5, 0.6) is 11.5 Å². The molecule has 1 heterocycles. The highest BCUT2D eigenvalue weighted by atomic mass is 32.1. The van der Waals surface area contributed by atoms with Gasteiger partial charge in [-0.2, -0.15) is 8.78 Å². The van der Waals surface area contributed by atoms with Crippen molar-refractivity contribution < 1.29 is 22.6 Å². The van der Waals surface area contributed by atoms with Gasteiger partial charge in [-0.25, -0.2) is 4.39 Å². The fourth-order valence-electron chi connectivity index (χ4n) is 6.49. The summed E-state index contributed by atoms with van der Waals surface area (Å²) in [4.78, 5) is 1.24. The zero-order chi connectivity index (χ0) is 26.7. The van der Waals surface area contributed by atoms with Crippen LogP contribution in [0.3, 0.4) is 0 Å². The Morgan fingerprint density at radius 2 is 1.55 bits per heavy atom. The molecule has 38 heavy (non-hydrogen) atoms. The van der Waals surface area contributed by atoms with Gasteiger partial charge in [0, 0.05) is 4.88 Å². The van der Waals surface area contributed by atoms with Gasteiger partial charge < -0.3 is 9.47 Å². The predicted molar refractivity (Wildman–Crippen MR) is 149 cm³/mol. The monoisotopic (exact) mass is 544 g/mol. The maximum atomic E-state index is 14.9. The number of hydrogen-bond donors (Lipinski definition) is 0. The molecule has 0 N–H and O–H groups in total. The lowest BCUT2D eigenvalue weighted by Gasteiger charge is -2.33. The Labute approximate surface area is 228 Å². The largest absolute Gasteiger partial charge is 0.491 e. The van der Waals surface area contributed by atoms with Crippen molar-refractivity contribution >= 4 is 21.4 Å². The molecule has 0 spiro atoms. The van der Waals surface area contributed by atoms with Crippen molar-refractivity contribution in [3.05, 3.63) is 58.7 Å². The van der Waals surface area contributed by atoms with Gasteiger partial charge in [0.05, 0.1) is 17.2 Å². The second kappa shape index (κ2) is 11.9. The molecule has 0 saturated heterocycles. The minimum atomic E-state index is -3.12. The minimum absolute atomic E-state index is 0.252. The first-order valence-electron chi connectivity index (χ1n) is 14.4. The summed E-state index contributed by atoms with van der Waals surface area (Å²) in [6.07, 6.45) is 6.11. The fraction of sp³-hybridized carbons (Fsp3) is 0.562. The van der Waals surface area contributed by atoms with Gasteiger partial charge in [0.15, 0.2) is 11.6 Å². The number of hydrogen-bond acceptors (Lipinski definition) is 3. The van der Waals surface area contributed by atoms with E-state index in [2.05, 4.69) is 13.0 Å². The third kappa shape index (κ3) is 6.00. The second-order valence-corrected chi connectivity index (χ2v) is 12.2. The Hall–Kier alpha value is -2.21. The first kappa shape index (κ1) is 27.4. The van der Waals surface area contributed by atoms with E-state index in [-0.39, 0.29) is 11.6 Å². The molecule has 206 valence electrons. The molecule has 2 fully saturated rings. The zero-order valence-electron chi connectivity index (χ0n) is 22.5.